The predicted molar refractivity (Wildman–Crippen MR) is 53.4 cm³/mol. The standard InChI is InChI=1S/C9H17N3/c1-4-12(5-2)9-7-6-8(10)11(9)3/h6-7H,4-5,10H2,1-3H3. The van der Waals surface area contributed by atoms with Gasteiger partial charge in [-0.1, -0.05) is 0 Å². The van der Waals surface area contributed by atoms with Crippen LogP contribution in [0.15, 0.2) is 12.1 Å². The molecule has 1 aromatic heterocycles. The summed E-state index contributed by atoms with van der Waals surface area (Å²) in [5.41, 5.74) is 5.72. The van der Waals surface area contributed by atoms with Crippen LogP contribution in [-0.4, -0.2) is 17.7 Å². The van der Waals surface area contributed by atoms with E-state index in [2.05, 4.69) is 24.8 Å². The highest BCUT2D eigenvalue weighted by Gasteiger charge is 2.06. The number of rotatable bonds is 3. The lowest BCUT2D eigenvalue weighted by Crippen LogP contribution is -2.24. The van der Waals surface area contributed by atoms with Crippen molar-refractivity contribution in [2.24, 2.45) is 7.05 Å². The maximum absolute atomic E-state index is 5.72. The van der Waals surface area contributed by atoms with E-state index < -0.39 is 0 Å². The fraction of sp³-hybridized carbons (Fsp3) is 0.556. The van der Waals surface area contributed by atoms with Crippen molar-refractivity contribution < 1.29 is 0 Å². The Balaban J connectivity index is 2.93. The number of aromatic nitrogens is 1. The van der Waals surface area contributed by atoms with Crippen LogP contribution in [0.1, 0.15) is 13.8 Å². The van der Waals surface area contributed by atoms with Gasteiger partial charge >= 0.3 is 0 Å². The molecule has 1 rings (SSSR count). The minimum Gasteiger partial charge on any atom is -0.385 e. The molecule has 0 bridgehead atoms. The Morgan fingerprint density at radius 2 is 1.92 bits per heavy atom. The predicted octanol–water partition coefficient (Wildman–Crippen LogP) is 1.45. The Labute approximate surface area is 73.8 Å². The molecule has 0 atom stereocenters. The first-order valence-corrected chi connectivity index (χ1v) is 4.36. The molecule has 0 aliphatic rings. The van der Waals surface area contributed by atoms with E-state index >= 15 is 0 Å². The number of anilines is 2. The summed E-state index contributed by atoms with van der Waals surface area (Å²) in [4.78, 5) is 2.27. The molecule has 68 valence electrons. The Bertz CT molecular complexity index is 248. The van der Waals surface area contributed by atoms with Gasteiger partial charge in [0.2, 0.25) is 0 Å². The highest BCUT2D eigenvalue weighted by Crippen LogP contribution is 2.18. The number of nitrogens with zero attached hydrogens (tertiary/aromatic N) is 2. The van der Waals surface area contributed by atoms with E-state index in [0.717, 1.165) is 18.9 Å². The van der Waals surface area contributed by atoms with Crippen molar-refractivity contribution in [2.75, 3.05) is 23.7 Å². The molecule has 0 aromatic carbocycles. The van der Waals surface area contributed by atoms with Gasteiger partial charge in [0.05, 0.1) is 0 Å². The smallest absolute Gasteiger partial charge is 0.109 e. The summed E-state index contributed by atoms with van der Waals surface area (Å²) in [6, 6.07) is 4.00. The molecule has 0 amide bonds. The summed E-state index contributed by atoms with van der Waals surface area (Å²) >= 11 is 0. The van der Waals surface area contributed by atoms with Crippen LogP contribution in [0.3, 0.4) is 0 Å². The molecular formula is C9H17N3. The summed E-state index contributed by atoms with van der Waals surface area (Å²) in [7, 11) is 1.99. The molecular weight excluding hydrogens is 150 g/mol. The van der Waals surface area contributed by atoms with E-state index in [1.165, 1.54) is 5.82 Å². The van der Waals surface area contributed by atoms with Crippen molar-refractivity contribution >= 4 is 11.6 Å². The summed E-state index contributed by atoms with van der Waals surface area (Å²) in [5.74, 6) is 2.01. The summed E-state index contributed by atoms with van der Waals surface area (Å²) < 4.78 is 2.01. The fourth-order valence-electron chi connectivity index (χ4n) is 1.38. The van der Waals surface area contributed by atoms with Gasteiger partial charge in [0.1, 0.15) is 11.6 Å². The van der Waals surface area contributed by atoms with E-state index in [-0.39, 0.29) is 0 Å². The third kappa shape index (κ3) is 1.40. The summed E-state index contributed by atoms with van der Waals surface area (Å²) in [5, 5.41) is 0. The SMILES string of the molecule is CCN(CC)c1ccc(N)n1C. The topological polar surface area (TPSA) is 34.2 Å². The van der Waals surface area contributed by atoms with Crippen LogP contribution in [0.25, 0.3) is 0 Å². The molecule has 0 aliphatic carbocycles. The number of hydrogen-bond donors (Lipinski definition) is 1. The van der Waals surface area contributed by atoms with Gasteiger partial charge < -0.3 is 15.2 Å². The maximum Gasteiger partial charge on any atom is 0.109 e. The molecule has 0 radical (unpaired) electrons. The lowest BCUT2D eigenvalue weighted by molar-refractivity contribution is 0.798. The molecule has 0 spiro atoms. The largest absolute Gasteiger partial charge is 0.385 e. The fourth-order valence-corrected chi connectivity index (χ4v) is 1.38. The first-order valence-electron chi connectivity index (χ1n) is 4.36. The minimum absolute atomic E-state index is 0.817. The Morgan fingerprint density at radius 3 is 2.25 bits per heavy atom. The van der Waals surface area contributed by atoms with E-state index in [4.69, 9.17) is 5.73 Å². The van der Waals surface area contributed by atoms with Gasteiger partial charge in [-0.25, -0.2) is 0 Å². The van der Waals surface area contributed by atoms with Gasteiger partial charge in [-0.15, -0.1) is 0 Å². The molecule has 12 heavy (non-hydrogen) atoms. The second kappa shape index (κ2) is 3.52. The Kier molecular flexibility index (Phi) is 2.63. The van der Waals surface area contributed by atoms with Crippen molar-refractivity contribution in [1.82, 2.24) is 4.57 Å². The van der Waals surface area contributed by atoms with E-state index in [0.29, 0.717) is 0 Å². The van der Waals surface area contributed by atoms with Crippen molar-refractivity contribution in [1.29, 1.82) is 0 Å². The zero-order valence-electron chi connectivity index (χ0n) is 8.04. The molecule has 0 aliphatic heterocycles. The van der Waals surface area contributed by atoms with Crippen LogP contribution in [0, 0.1) is 0 Å². The van der Waals surface area contributed by atoms with Crippen LogP contribution < -0.4 is 10.6 Å². The van der Waals surface area contributed by atoms with E-state index in [1.54, 1.807) is 0 Å². The van der Waals surface area contributed by atoms with Crippen LogP contribution in [0.4, 0.5) is 11.6 Å². The summed E-state index contributed by atoms with van der Waals surface area (Å²) in [6.45, 7) is 6.33. The highest BCUT2D eigenvalue weighted by molar-refractivity contribution is 5.50. The lowest BCUT2D eigenvalue weighted by Gasteiger charge is -2.21. The van der Waals surface area contributed by atoms with Crippen LogP contribution in [0.2, 0.25) is 0 Å². The van der Waals surface area contributed by atoms with Gasteiger partial charge in [-0.05, 0) is 26.0 Å². The van der Waals surface area contributed by atoms with E-state index in [9.17, 15) is 0 Å². The lowest BCUT2D eigenvalue weighted by atomic mass is 10.5. The normalized spacial score (nSPS) is 10.2. The molecule has 0 fully saturated rings. The van der Waals surface area contributed by atoms with Crippen molar-refractivity contribution in [2.45, 2.75) is 13.8 Å². The highest BCUT2D eigenvalue weighted by atomic mass is 15.2. The van der Waals surface area contributed by atoms with Gasteiger partial charge in [-0.3, -0.25) is 0 Å². The van der Waals surface area contributed by atoms with Crippen LogP contribution >= 0.6 is 0 Å². The third-order valence-corrected chi connectivity index (χ3v) is 2.22. The zero-order chi connectivity index (χ0) is 9.14. The third-order valence-electron chi connectivity index (χ3n) is 2.22. The van der Waals surface area contributed by atoms with Crippen molar-refractivity contribution in [3.63, 3.8) is 0 Å². The summed E-state index contributed by atoms with van der Waals surface area (Å²) in [6.07, 6.45) is 0. The monoisotopic (exact) mass is 167 g/mol. The molecule has 2 N–H and O–H groups in total. The van der Waals surface area contributed by atoms with Gasteiger partial charge in [0.25, 0.3) is 0 Å². The van der Waals surface area contributed by atoms with Crippen molar-refractivity contribution in [3.05, 3.63) is 12.1 Å². The molecule has 1 aromatic rings. The van der Waals surface area contributed by atoms with E-state index in [1.807, 2.05) is 17.7 Å². The Hall–Kier alpha value is -1.12. The van der Waals surface area contributed by atoms with Crippen LogP contribution in [0.5, 0.6) is 0 Å². The van der Waals surface area contributed by atoms with Gasteiger partial charge in [-0.2, -0.15) is 0 Å². The average Bonchev–Trinajstić information content (AvgIpc) is 2.38. The first-order chi connectivity index (χ1) is 5.70. The molecule has 1 heterocycles. The molecule has 0 saturated heterocycles. The van der Waals surface area contributed by atoms with Gasteiger partial charge in [0.15, 0.2) is 0 Å². The number of hydrogen-bond acceptors (Lipinski definition) is 2. The molecule has 3 heteroatoms. The molecule has 0 unspecified atom stereocenters. The first kappa shape index (κ1) is 8.97. The average molecular weight is 167 g/mol. The van der Waals surface area contributed by atoms with Gasteiger partial charge in [0, 0.05) is 20.1 Å². The number of nitrogen functional groups attached to an aromatic ring is 1. The quantitative estimate of drug-likeness (QED) is 0.739. The zero-order valence-corrected chi connectivity index (χ0v) is 8.04. The second-order valence-corrected chi connectivity index (χ2v) is 2.85. The second-order valence-electron chi connectivity index (χ2n) is 2.85. The van der Waals surface area contributed by atoms with Crippen molar-refractivity contribution in [3.8, 4) is 0 Å². The van der Waals surface area contributed by atoms with Crippen LogP contribution in [-0.2, 0) is 7.05 Å². The Morgan fingerprint density at radius 1 is 1.33 bits per heavy atom. The number of nitrogens with two attached hydrogens (primary N) is 1. The maximum atomic E-state index is 5.72. The molecule has 3 nitrogen and oxygen atoms in total. The minimum atomic E-state index is 0.817. The molecule has 0 saturated carbocycles.